The van der Waals surface area contributed by atoms with Gasteiger partial charge in [0.05, 0.1) is 6.61 Å². The van der Waals surface area contributed by atoms with Crippen LogP contribution in [0.5, 0.6) is 0 Å². The van der Waals surface area contributed by atoms with Crippen LogP contribution in [0.2, 0.25) is 0 Å². The molecule has 0 aliphatic heterocycles. The van der Waals surface area contributed by atoms with E-state index in [1.54, 1.807) is 30.6 Å². The molecule has 0 atom stereocenters. The van der Waals surface area contributed by atoms with Crippen molar-refractivity contribution in [2.24, 2.45) is 0 Å². The summed E-state index contributed by atoms with van der Waals surface area (Å²) >= 11 is 0. The highest BCUT2D eigenvalue weighted by Crippen LogP contribution is 2.19. The third kappa shape index (κ3) is 3.85. The van der Waals surface area contributed by atoms with E-state index in [9.17, 15) is 4.79 Å². The Morgan fingerprint density at radius 3 is 2.50 bits per heavy atom. The SMILES string of the molecule is O=C(NCCc1ccc(CO)cc1)c1cc(-c2ccncc2)on1. The van der Waals surface area contributed by atoms with Crippen LogP contribution < -0.4 is 5.32 Å². The van der Waals surface area contributed by atoms with E-state index in [-0.39, 0.29) is 18.2 Å². The van der Waals surface area contributed by atoms with Crippen molar-refractivity contribution in [1.29, 1.82) is 0 Å². The number of nitrogens with one attached hydrogen (secondary N) is 1. The van der Waals surface area contributed by atoms with Crippen molar-refractivity contribution in [2.45, 2.75) is 13.0 Å². The van der Waals surface area contributed by atoms with E-state index in [1.807, 2.05) is 24.3 Å². The second kappa shape index (κ2) is 7.52. The van der Waals surface area contributed by atoms with Gasteiger partial charge in [-0.2, -0.15) is 0 Å². The van der Waals surface area contributed by atoms with E-state index in [0.29, 0.717) is 18.7 Å². The smallest absolute Gasteiger partial charge is 0.273 e. The predicted octanol–water partition coefficient (Wildman–Crippen LogP) is 2.20. The van der Waals surface area contributed by atoms with Gasteiger partial charge in [0.2, 0.25) is 0 Å². The summed E-state index contributed by atoms with van der Waals surface area (Å²) in [6.45, 7) is 0.526. The lowest BCUT2D eigenvalue weighted by Crippen LogP contribution is -2.25. The van der Waals surface area contributed by atoms with Gasteiger partial charge in [0, 0.05) is 30.6 Å². The monoisotopic (exact) mass is 323 g/mol. The third-order valence-corrected chi connectivity index (χ3v) is 3.61. The number of rotatable bonds is 6. The number of benzene rings is 1. The second-order valence-electron chi connectivity index (χ2n) is 5.29. The molecular formula is C18H17N3O3. The van der Waals surface area contributed by atoms with Gasteiger partial charge in [0.25, 0.3) is 5.91 Å². The minimum Gasteiger partial charge on any atom is -0.392 e. The van der Waals surface area contributed by atoms with Gasteiger partial charge in [-0.25, -0.2) is 0 Å². The number of amides is 1. The predicted molar refractivity (Wildman–Crippen MR) is 88.1 cm³/mol. The Morgan fingerprint density at radius 2 is 1.79 bits per heavy atom. The fraction of sp³-hybridized carbons (Fsp3) is 0.167. The van der Waals surface area contributed by atoms with Crippen LogP contribution in [0.4, 0.5) is 0 Å². The lowest BCUT2D eigenvalue weighted by Gasteiger charge is -2.04. The first kappa shape index (κ1) is 15.9. The molecule has 0 fully saturated rings. The van der Waals surface area contributed by atoms with E-state index in [0.717, 1.165) is 16.7 Å². The Bertz CT molecular complexity index is 798. The van der Waals surface area contributed by atoms with Crippen molar-refractivity contribution in [3.8, 4) is 11.3 Å². The third-order valence-electron chi connectivity index (χ3n) is 3.61. The number of hydrogen-bond acceptors (Lipinski definition) is 5. The van der Waals surface area contributed by atoms with Crippen LogP contribution in [0.3, 0.4) is 0 Å². The minimum absolute atomic E-state index is 0.0307. The number of carbonyl (C=O) groups is 1. The maximum Gasteiger partial charge on any atom is 0.273 e. The molecule has 1 amide bonds. The summed E-state index contributed by atoms with van der Waals surface area (Å²) in [6, 6.07) is 12.8. The van der Waals surface area contributed by atoms with Gasteiger partial charge < -0.3 is 14.9 Å². The first-order valence-corrected chi connectivity index (χ1v) is 7.60. The summed E-state index contributed by atoms with van der Waals surface area (Å²) in [5, 5.41) is 15.6. The Balaban J connectivity index is 1.54. The summed E-state index contributed by atoms with van der Waals surface area (Å²) in [5.74, 6) is 0.258. The van der Waals surface area contributed by atoms with Crippen LogP contribution in [0.25, 0.3) is 11.3 Å². The van der Waals surface area contributed by atoms with E-state index < -0.39 is 0 Å². The molecule has 0 bridgehead atoms. The zero-order valence-electron chi connectivity index (χ0n) is 13.0. The van der Waals surface area contributed by atoms with E-state index in [2.05, 4.69) is 15.5 Å². The number of aliphatic hydroxyl groups excluding tert-OH is 1. The highest BCUT2D eigenvalue weighted by atomic mass is 16.5. The first-order valence-electron chi connectivity index (χ1n) is 7.60. The lowest BCUT2D eigenvalue weighted by atomic mass is 10.1. The Hall–Kier alpha value is -2.99. The van der Waals surface area contributed by atoms with Gasteiger partial charge in [0.15, 0.2) is 11.5 Å². The van der Waals surface area contributed by atoms with E-state index in [4.69, 9.17) is 9.63 Å². The molecule has 2 heterocycles. The summed E-state index contributed by atoms with van der Waals surface area (Å²) in [4.78, 5) is 16.0. The molecule has 0 unspecified atom stereocenters. The van der Waals surface area contributed by atoms with Crippen LogP contribution >= 0.6 is 0 Å². The molecular weight excluding hydrogens is 306 g/mol. The molecule has 0 aliphatic rings. The lowest BCUT2D eigenvalue weighted by molar-refractivity contribution is 0.0945. The molecule has 3 aromatic rings. The van der Waals surface area contributed by atoms with Crippen molar-refractivity contribution in [3.05, 3.63) is 71.7 Å². The number of aliphatic hydroxyl groups is 1. The molecule has 6 nitrogen and oxygen atoms in total. The number of carbonyl (C=O) groups excluding carboxylic acids is 1. The average Bonchev–Trinajstić information content (AvgIpc) is 3.13. The van der Waals surface area contributed by atoms with Gasteiger partial charge in [-0.15, -0.1) is 0 Å². The molecule has 6 heteroatoms. The second-order valence-corrected chi connectivity index (χ2v) is 5.29. The molecule has 0 aliphatic carbocycles. The van der Waals surface area contributed by atoms with Gasteiger partial charge in [-0.05, 0) is 29.7 Å². The largest absolute Gasteiger partial charge is 0.392 e. The van der Waals surface area contributed by atoms with Gasteiger partial charge in [-0.1, -0.05) is 29.4 Å². The molecule has 24 heavy (non-hydrogen) atoms. The summed E-state index contributed by atoms with van der Waals surface area (Å²) < 4.78 is 5.20. The standard InChI is InChI=1S/C18H17N3O3/c22-12-14-3-1-13(2-4-14)5-10-20-18(23)16-11-17(24-21-16)15-6-8-19-9-7-15/h1-4,6-9,11,22H,5,10,12H2,(H,20,23). The zero-order valence-corrected chi connectivity index (χ0v) is 13.0. The van der Waals surface area contributed by atoms with Gasteiger partial charge >= 0.3 is 0 Å². The van der Waals surface area contributed by atoms with Gasteiger partial charge in [0.1, 0.15) is 0 Å². The van der Waals surface area contributed by atoms with Crippen LogP contribution in [0.15, 0.2) is 59.4 Å². The first-order chi connectivity index (χ1) is 11.8. The molecule has 2 N–H and O–H groups in total. The molecule has 1 aromatic carbocycles. The van der Waals surface area contributed by atoms with Crippen LogP contribution in [0.1, 0.15) is 21.6 Å². The summed E-state index contributed by atoms with van der Waals surface area (Å²) in [5.41, 5.74) is 3.03. The van der Waals surface area contributed by atoms with Crippen LogP contribution in [0, 0.1) is 0 Å². The zero-order chi connectivity index (χ0) is 16.8. The van der Waals surface area contributed by atoms with E-state index >= 15 is 0 Å². The Labute approximate surface area is 139 Å². The molecule has 0 saturated carbocycles. The quantitative estimate of drug-likeness (QED) is 0.726. The van der Waals surface area contributed by atoms with Crippen LogP contribution in [-0.2, 0) is 13.0 Å². The molecule has 0 radical (unpaired) electrons. The van der Waals surface area contributed by atoms with E-state index in [1.165, 1.54) is 0 Å². The number of hydrogen-bond donors (Lipinski definition) is 2. The summed E-state index contributed by atoms with van der Waals surface area (Å²) in [6.07, 6.45) is 4.01. The number of pyridine rings is 1. The molecule has 0 spiro atoms. The summed E-state index contributed by atoms with van der Waals surface area (Å²) in [7, 11) is 0. The van der Waals surface area contributed by atoms with Crippen molar-refractivity contribution in [2.75, 3.05) is 6.54 Å². The van der Waals surface area contributed by atoms with Crippen LogP contribution in [-0.4, -0.2) is 27.7 Å². The van der Waals surface area contributed by atoms with Crippen molar-refractivity contribution >= 4 is 5.91 Å². The Morgan fingerprint density at radius 1 is 1.08 bits per heavy atom. The number of aromatic nitrogens is 2. The van der Waals surface area contributed by atoms with Crippen molar-refractivity contribution < 1.29 is 14.4 Å². The number of nitrogens with zero attached hydrogens (tertiary/aromatic N) is 2. The van der Waals surface area contributed by atoms with Gasteiger partial charge in [-0.3, -0.25) is 9.78 Å². The molecule has 122 valence electrons. The maximum atomic E-state index is 12.1. The molecule has 2 aromatic heterocycles. The van der Waals surface area contributed by atoms with Crippen molar-refractivity contribution in [3.63, 3.8) is 0 Å². The fourth-order valence-electron chi connectivity index (χ4n) is 2.26. The minimum atomic E-state index is -0.272. The highest BCUT2D eigenvalue weighted by molar-refractivity contribution is 5.93. The average molecular weight is 323 g/mol. The normalized spacial score (nSPS) is 10.5. The fourth-order valence-corrected chi connectivity index (χ4v) is 2.26. The van der Waals surface area contributed by atoms with Crippen molar-refractivity contribution in [1.82, 2.24) is 15.5 Å². The maximum absolute atomic E-state index is 12.1. The molecule has 0 saturated heterocycles. The Kier molecular flexibility index (Phi) is 4.98. The topological polar surface area (TPSA) is 88.2 Å². The highest BCUT2D eigenvalue weighted by Gasteiger charge is 2.13. The molecule has 3 rings (SSSR count).